The van der Waals surface area contributed by atoms with E-state index in [1.54, 1.807) is 0 Å². The predicted molar refractivity (Wildman–Crippen MR) is 64.2 cm³/mol. The van der Waals surface area contributed by atoms with E-state index in [1.165, 1.54) is 7.11 Å². The van der Waals surface area contributed by atoms with Gasteiger partial charge < -0.3 is 15.2 Å². The molecule has 16 heavy (non-hydrogen) atoms. The van der Waals surface area contributed by atoms with E-state index in [0.29, 0.717) is 18.9 Å². The number of esters is 1. The highest BCUT2D eigenvalue weighted by atomic mass is 79.9. The fourth-order valence-corrected chi connectivity index (χ4v) is 1.68. The second kappa shape index (κ2) is 6.50. The van der Waals surface area contributed by atoms with Crippen LogP contribution < -0.4 is 10.5 Å². The average Bonchev–Trinajstić information content (AvgIpc) is 2.30. The molecule has 0 unspecified atom stereocenters. The topological polar surface area (TPSA) is 61.5 Å². The van der Waals surface area contributed by atoms with Crippen LogP contribution in [0.3, 0.4) is 0 Å². The summed E-state index contributed by atoms with van der Waals surface area (Å²) >= 11 is 3.38. The first-order chi connectivity index (χ1) is 7.67. The minimum absolute atomic E-state index is 0.238. The van der Waals surface area contributed by atoms with E-state index in [1.807, 2.05) is 18.2 Å². The van der Waals surface area contributed by atoms with Crippen molar-refractivity contribution in [3.8, 4) is 5.75 Å². The summed E-state index contributed by atoms with van der Waals surface area (Å²) in [7, 11) is 1.36. The molecule has 4 nitrogen and oxygen atoms in total. The lowest BCUT2D eigenvalue weighted by Gasteiger charge is -2.08. The number of carbonyl (C=O) groups excluding carboxylic acids is 1. The number of carbonyl (C=O) groups is 1. The third-order valence-corrected chi connectivity index (χ3v) is 2.64. The lowest BCUT2D eigenvalue weighted by atomic mass is 10.2. The lowest BCUT2D eigenvalue weighted by molar-refractivity contribution is -0.141. The van der Waals surface area contributed by atoms with Gasteiger partial charge in [0.2, 0.25) is 0 Å². The second-order valence-electron chi connectivity index (χ2n) is 3.14. The van der Waals surface area contributed by atoms with Crippen molar-refractivity contribution in [2.24, 2.45) is 5.73 Å². The first-order valence-electron chi connectivity index (χ1n) is 4.85. The molecule has 0 bridgehead atoms. The fraction of sp³-hybridized carbons (Fsp3) is 0.364. The van der Waals surface area contributed by atoms with E-state index in [2.05, 4.69) is 20.7 Å². The Hall–Kier alpha value is -1.07. The fourth-order valence-electron chi connectivity index (χ4n) is 1.13. The molecule has 0 atom stereocenters. The molecule has 0 aliphatic heterocycles. The normalized spacial score (nSPS) is 9.94. The van der Waals surface area contributed by atoms with E-state index >= 15 is 0 Å². The van der Waals surface area contributed by atoms with Gasteiger partial charge in [-0.2, -0.15) is 0 Å². The average molecular weight is 288 g/mol. The zero-order valence-electron chi connectivity index (χ0n) is 9.03. The van der Waals surface area contributed by atoms with E-state index in [0.717, 1.165) is 10.0 Å². The van der Waals surface area contributed by atoms with Crippen LogP contribution in [0.5, 0.6) is 5.75 Å². The Kier molecular flexibility index (Phi) is 5.28. The van der Waals surface area contributed by atoms with Gasteiger partial charge in [0.05, 0.1) is 24.6 Å². The standard InChI is InChI=1S/C11H14BrNO3/c1-15-11(14)4-5-16-10-3-2-8(7-13)6-9(10)12/h2-3,6H,4-5,7,13H2,1H3. The van der Waals surface area contributed by atoms with Crippen LogP contribution >= 0.6 is 15.9 Å². The zero-order valence-corrected chi connectivity index (χ0v) is 10.6. The van der Waals surface area contributed by atoms with Gasteiger partial charge in [-0.05, 0) is 33.6 Å². The summed E-state index contributed by atoms with van der Waals surface area (Å²) in [5.41, 5.74) is 6.52. The van der Waals surface area contributed by atoms with Gasteiger partial charge in [0.1, 0.15) is 5.75 Å². The molecule has 0 radical (unpaired) electrons. The van der Waals surface area contributed by atoms with Crippen LogP contribution in [0.2, 0.25) is 0 Å². The van der Waals surface area contributed by atoms with Crippen molar-refractivity contribution in [2.75, 3.05) is 13.7 Å². The SMILES string of the molecule is COC(=O)CCOc1ccc(CN)cc1Br. The summed E-state index contributed by atoms with van der Waals surface area (Å²) < 4.78 is 10.8. The number of rotatable bonds is 5. The van der Waals surface area contributed by atoms with Crippen LogP contribution in [0, 0.1) is 0 Å². The third-order valence-electron chi connectivity index (χ3n) is 2.02. The Morgan fingerprint density at radius 1 is 1.50 bits per heavy atom. The van der Waals surface area contributed by atoms with Crippen LogP contribution in [-0.2, 0) is 16.1 Å². The third kappa shape index (κ3) is 3.83. The first-order valence-corrected chi connectivity index (χ1v) is 5.64. The van der Waals surface area contributed by atoms with Crippen LogP contribution in [-0.4, -0.2) is 19.7 Å². The number of methoxy groups -OCH3 is 1. The first kappa shape index (κ1) is 13.0. The van der Waals surface area contributed by atoms with Crippen LogP contribution in [0.4, 0.5) is 0 Å². The molecular formula is C11H14BrNO3. The van der Waals surface area contributed by atoms with Crippen LogP contribution in [0.1, 0.15) is 12.0 Å². The van der Waals surface area contributed by atoms with Crippen LogP contribution in [0.25, 0.3) is 0 Å². The minimum atomic E-state index is -0.283. The predicted octanol–water partition coefficient (Wildman–Crippen LogP) is 1.85. The number of ether oxygens (including phenoxy) is 2. The molecule has 1 aromatic rings. The molecule has 0 aromatic heterocycles. The molecule has 0 aliphatic rings. The largest absolute Gasteiger partial charge is 0.492 e. The molecule has 88 valence electrons. The van der Waals surface area contributed by atoms with Gasteiger partial charge in [-0.25, -0.2) is 0 Å². The zero-order chi connectivity index (χ0) is 12.0. The molecule has 5 heteroatoms. The van der Waals surface area contributed by atoms with Crippen molar-refractivity contribution in [1.29, 1.82) is 0 Å². The van der Waals surface area contributed by atoms with Crippen molar-refractivity contribution in [2.45, 2.75) is 13.0 Å². The summed E-state index contributed by atoms with van der Waals surface area (Å²) in [5, 5.41) is 0. The Labute approximate surface area is 103 Å². The Bertz CT molecular complexity index is 368. The summed E-state index contributed by atoms with van der Waals surface area (Å²) in [5.74, 6) is 0.413. The number of halogens is 1. The van der Waals surface area contributed by atoms with E-state index < -0.39 is 0 Å². The number of nitrogens with two attached hydrogens (primary N) is 1. The second-order valence-corrected chi connectivity index (χ2v) is 4.00. The van der Waals surface area contributed by atoms with E-state index in [-0.39, 0.29) is 12.4 Å². The highest BCUT2D eigenvalue weighted by Gasteiger charge is 2.04. The van der Waals surface area contributed by atoms with Gasteiger partial charge >= 0.3 is 5.97 Å². The van der Waals surface area contributed by atoms with Crippen molar-refractivity contribution < 1.29 is 14.3 Å². The van der Waals surface area contributed by atoms with E-state index in [9.17, 15) is 4.79 Å². The number of hydrogen-bond donors (Lipinski definition) is 1. The molecule has 0 heterocycles. The highest BCUT2D eigenvalue weighted by molar-refractivity contribution is 9.10. The molecular weight excluding hydrogens is 274 g/mol. The minimum Gasteiger partial charge on any atom is -0.492 e. The molecule has 0 saturated heterocycles. The molecule has 0 fully saturated rings. The lowest BCUT2D eigenvalue weighted by Crippen LogP contribution is -2.07. The molecule has 0 spiro atoms. The Morgan fingerprint density at radius 3 is 2.81 bits per heavy atom. The quantitative estimate of drug-likeness (QED) is 0.840. The smallest absolute Gasteiger partial charge is 0.308 e. The summed E-state index contributed by atoms with van der Waals surface area (Å²) in [6.45, 7) is 0.786. The van der Waals surface area contributed by atoms with Crippen molar-refractivity contribution in [3.63, 3.8) is 0 Å². The van der Waals surface area contributed by atoms with Crippen LogP contribution in [0.15, 0.2) is 22.7 Å². The molecule has 1 rings (SSSR count). The van der Waals surface area contributed by atoms with Gasteiger partial charge in [0.25, 0.3) is 0 Å². The molecule has 0 saturated carbocycles. The van der Waals surface area contributed by atoms with Gasteiger partial charge in [0, 0.05) is 6.54 Å². The van der Waals surface area contributed by atoms with Gasteiger partial charge in [-0.3, -0.25) is 4.79 Å². The maximum absolute atomic E-state index is 10.9. The van der Waals surface area contributed by atoms with Gasteiger partial charge in [-0.1, -0.05) is 6.07 Å². The van der Waals surface area contributed by atoms with Gasteiger partial charge in [-0.15, -0.1) is 0 Å². The Morgan fingerprint density at radius 2 is 2.25 bits per heavy atom. The van der Waals surface area contributed by atoms with E-state index in [4.69, 9.17) is 10.5 Å². The van der Waals surface area contributed by atoms with Crippen molar-refractivity contribution in [3.05, 3.63) is 28.2 Å². The van der Waals surface area contributed by atoms with Gasteiger partial charge in [0.15, 0.2) is 0 Å². The maximum atomic E-state index is 10.9. The molecule has 0 amide bonds. The summed E-state index contributed by atoms with van der Waals surface area (Å²) in [4.78, 5) is 10.9. The van der Waals surface area contributed by atoms with Crippen molar-refractivity contribution in [1.82, 2.24) is 0 Å². The number of hydrogen-bond acceptors (Lipinski definition) is 4. The molecule has 1 aromatic carbocycles. The highest BCUT2D eigenvalue weighted by Crippen LogP contribution is 2.25. The molecule has 0 aliphatic carbocycles. The molecule has 2 N–H and O–H groups in total. The maximum Gasteiger partial charge on any atom is 0.308 e. The monoisotopic (exact) mass is 287 g/mol. The Balaban J connectivity index is 2.51. The summed E-state index contributed by atoms with van der Waals surface area (Å²) in [6, 6.07) is 5.61. The van der Waals surface area contributed by atoms with Crippen molar-refractivity contribution >= 4 is 21.9 Å². The summed E-state index contributed by atoms with van der Waals surface area (Å²) in [6.07, 6.45) is 0.238. The number of benzene rings is 1.